The zero-order valence-electron chi connectivity index (χ0n) is 17.7. The van der Waals surface area contributed by atoms with Crippen LogP contribution in [0.25, 0.3) is 0 Å². The second kappa shape index (κ2) is 9.76. The SMILES string of the molecule is CC(C)C(=O)N1CCC(=NO[C@H](C)C(=O)N2CCN(c3ccccc3)CC2)CC1. The van der Waals surface area contributed by atoms with Gasteiger partial charge in [-0.1, -0.05) is 37.2 Å². The van der Waals surface area contributed by atoms with Crippen LogP contribution in [-0.4, -0.2) is 72.7 Å². The molecule has 2 amide bonds. The summed E-state index contributed by atoms with van der Waals surface area (Å²) in [4.78, 5) is 36.3. The normalized spacial score (nSPS) is 18.6. The Bertz CT molecular complexity index is 717. The highest BCUT2D eigenvalue weighted by atomic mass is 16.6. The Labute approximate surface area is 173 Å². The van der Waals surface area contributed by atoms with Gasteiger partial charge in [0, 0.05) is 63.7 Å². The van der Waals surface area contributed by atoms with Crippen LogP contribution in [0.15, 0.2) is 35.5 Å². The lowest BCUT2D eigenvalue weighted by atomic mass is 10.1. The predicted octanol–water partition coefficient (Wildman–Crippen LogP) is 2.37. The fourth-order valence-corrected chi connectivity index (χ4v) is 3.72. The van der Waals surface area contributed by atoms with E-state index in [-0.39, 0.29) is 17.7 Å². The minimum Gasteiger partial charge on any atom is -0.383 e. The zero-order valence-corrected chi connectivity index (χ0v) is 17.7. The van der Waals surface area contributed by atoms with Crippen molar-refractivity contribution < 1.29 is 14.4 Å². The third-order valence-corrected chi connectivity index (χ3v) is 5.55. The van der Waals surface area contributed by atoms with E-state index in [0.29, 0.717) is 39.0 Å². The Morgan fingerprint density at radius 3 is 2.03 bits per heavy atom. The summed E-state index contributed by atoms with van der Waals surface area (Å²) in [6.07, 6.45) is 0.811. The summed E-state index contributed by atoms with van der Waals surface area (Å²) in [5.74, 6) is 0.183. The molecule has 1 atom stereocenters. The highest BCUT2D eigenvalue weighted by molar-refractivity contribution is 5.88. The molecule has 2 saturated heterocycles. The second-order valence-electron chi connectivity index (χ2n) is 8.03. The van der Waals surface area contributed by atoms with Gasteiger partial charge in [0.2, 0.25) is 12.0 Å². The Hall–Kier alpha value is -2.57. The minimum atomic E-state index is -0.596. The molecule has 0 aliphatic carbocycles. The number of carbonyl (C=O) groups is 2. The molecule has 2 heterocycles. The number of piperidine rings is 1. The van der Waals surface area contributed by atoms with Gasteiger partial charge in [-0.3, -0.25) is 9.59 Å². The molecule has 0 radical (unpaired) electrons. The van der Waals surface area contributed by atoms with Crippen LogP contribution < -0.4 is 4.90 Å². The fraction of sp³-hybridized carbons (Fsp3) is 0.591. The van der Waals surface area contributed by atoms with Gasteiger partial charge in [-0.05, 0) is 19.1 Å². The third-order valence-electron chi connectivity index (χ3n) is 5.55. The van der Waals surface area contributed by atoms with E-state index in [2.05, 4.69) is 22.2 Å². The Morgan fingerprint density at radius 2 is 1.45 bits per heavy atom. The van der Waals surface area contributed by atoms with Crippen molar-refractivity contribution in [2.24, 2.45) is 11.1 Å². The van der Waals surface area contributed by atoms with Gasteiger partial charge in [0.15, 0.2) is 0 Å². The first-order valence-electron chi connectivity index (χ1n) is 10.5. The monoisotopic (exact) mass is 400 g/mol. The minimum absolute atomic E-state index is 0.0183. The molecule has 1 aromatic rings. The standard InChI is InChI=1S/C22H32N4O3/c1-17(2)21(27)25-11-9-19(10-12-25)23-29-18(3)22(28)26-15-13-24(14-16-26)20-7-5-4-6-8-20/h4-8,17-18H,9-16H2,1-3H3/t18-/m1/s1. The van der Waals surface area contributed by atoms with Crippen molar-refractivity contribution >= 4 is 23.2 Å². The van der Waals surface area contributed by atoms with Gasteiger partial charge < -0.3 is 19.5 Å². The van der Waals surface area contributed by atoms with Crippen molar-refractivity contribution in [2.45, 2.75) is 39.7 Å². The molecule has 3 rings (SSSR count). The molecule has 29 heavy (non-hydrogen) atoms. The van der Waals surface area contributed by atoms with Crippen LogP contribution in [0.1, 0.15) is 33.6 Å². The lowest BCUT2D eigenvalue weighted by Crippen LogP contribution is -2.51. The van der Waals surface area contributed by atoms with Gasteiger partial charge in [-0.15, -0.1) is 0 Å². The van der Waals surface area contributed by atoms with Crippen molar-refractivity contribution in [3.63, 3.8) is 0 Å². The molecule has 0 unspecified atom stereocenters. The van der Waals surface area contributed by atoms with Crippen LogP contribution in [-0.2, 0) is 14.4 Å². The van der Waals surface area contributed by atoms with Crippen LogP contribution in [0.4, 0.5) is 5.69 Å². The topological polar surface area (TPSA) is 65.5 Å². The molecule has 0 spiro atoms. The molecule has 7 nitrogen and oxygen atoms in total. The summed E-state index contributed by atoms with van der Waals surface area (Å²) in [5, 5.41) is 4.22. The van der Waals surface area contributed by atoms with Crippen molar-refractivity contribution in [2.75, 3.05) is 44.2 Å². The summed E-state index contributed by atoms with van der Waals surface area (Å²) in [5.41, 5.74) is 2.11. The van der Waals surface area contributed by atoms with E-state index in [1.54, 1.807) is 6.92 Å². The van der Waals surface area contributed by atoms with Gasteiger partial charge in [-0.2, -0.15) is 0 Å². The number of nitrogens with zero attached hydrogens (tertiary/aromatic N) is 4. The number of piperazine rings is 1. The van der Waals surface area contributed by atoms with Crippen molar-refractivity contribution in [1.82, 2.24) is 9.80 Å². The molecule has 0 saturated carbocycles. The van der Waals surface area contributed by atoms with Gasteiger partial charge in [-0.25, -0.2) is 0 Å². The molecular weight excluding hydrogens is 368 g/mol. The maximum Gasteiger partial charge on any atom is 0.266 e. The molecule has 2 aliphatic rings. The van der Waals surface area contributed by atoms with E-state index in [4.69, 9.17) is 4.84 Å². The number of carbonyl (C=O) groups excluding carboxylic acids is 2. The lowest BCUT2D eigenvalue weighted by molar-refractivity contribution is -0.142. The number of oxime groups is 1. The fourth-order valence-electron chi connectivity index (χ4n) is 3.72. The second-order valence-corrected chi connectivity index (χ2v) is 8.03. The van der Waals surface area contributed by atoms with Crippen LogP contribution >= 0.6 is 0 Å². The highest BCUT2D eigenvalue weighted by Gasteiger charge is 2.27. The third kappa shape index (κ3) is 5.49. The quantitative estimate of drug-likeness (QED) is 0.712. The molecule has 0 bridgehead atoms. The number of hydrogen-bond donors (Lipinski definition) is 0. The number of anilines is 1. The number of rotatable bonds is 5. The molecule has 7 heteroatoms. The Morgan fingerprint density at radius 1 is 0.862 bits per heavy atom. The van der Waals surface area contributed by atoms with Crippen LogP contribution in [0.5, 0.6) is 0 Å². The number of benzene rings is 1. The summed E-state index contributed by atoms with van der Waals surface area (Å²) >= 11 is 0. The van der Waals surface area contributed by atoms with Crippen molar-refractivity contribution in [3.8, 4) is 0 Å². The smallest absolute Gasteiger partial charge is 0.266 e. The number of likely N-dealkylation sites (tertiary alicyclic amines) is 1. The predicted molar refractivity (Wildman–Crippen MR) is 114 cm³/mol. The molecule has 2 fully saturated rings. The van der Waals surface area contributed by atoms with E-state index in [0.717, 1.165) is 18.8 Å². The van der Waals surface area contributed by atoms with Crippen LogP contribution in [0, 0.1) is 5.92 Å². The molecule has 0 aromatic heterocycles. The molecule has 1 aromatic carbocycles. The van der Waals surface area contributed by atoms with E-state index in [1.807, 2.05) is 41.8 Å². The maximum atomic E-state index is 12.7. The Kier molecular flexibility index (Phi) is 7.12. The van der Waals surface area contributed by atoms with Gasteiger partial charge >= 0.3 is 0 Å². The summed E-state index contributed by atoms with van der Waals surface area (Å²) in [6, 6.07) is 10.3. The molecule has 158 valence electrons. The van der Waals surface area contributed by atoms with Gasteiger partial charge in [0.25, 0.3) is 5.91 Å². The number of hydrogen-bond acceptors (Lipinski definition) is 5. The summed E-state index contributed by atoms with van der Waals surface area (Å²) in [6.45, 7) is 9.94. The first-order chi connectivity index (χ1) is 14.0. The van der Waals surface area contributed by atoms with E-state index in [1.165, 1.54) is 5.69 Å². The number of para-hydroxylation sites is 1. The van der Waals surface area contributed by atoms with Crippen LogP contribution in [0.2, 0.25) is 0 Å². The first kappa shape index (κ1) is 21.1. The zero-order chi connectivity index (χ0) is 20.8. The average Bonchev–Trinajstić information content (AvgIpc) is 2.77. The molecule has 2 aliphatic heterocycles. The maximum absolute atomic E-state index is 12.7. The number of amides is 2. The molecule has 0 N–H and O–H groups in total. The largest absolute Gasteiger partial charge is 0.383 e. The summed E-state index contributed by atoms with van der Waals surface area (Å²) < 4.78 is 0. The highest BCUT2D eigenvalue weighted by Crippen LogP contribution is 2.17. The average molecular weight is 401 g/mol. The van der Waals surface area contributed by atoms with Crippen molar-refractivity contribution in [3.05, 3.63) is 30.3 Å². The van der Waals surface area contributed by atoms with Gasteiger partial charge in [0.05, 0.1) is 5.71 Å². The van der Waals surface area contributed by atoms with Crippen LogP contribution in [0.3, 0.4) is 0 Å². The first-order valence-corrected chi connectivity index (χ1v) is 10.5. The van der Waals surface area contributed by atoms with E-state index >= 15 is 0 Å². The lowest BCUT2D eigenvalue weighted by Gasteiger charge is -2.36. The molecular formula is C22H32N4O3. The van der Waals surface area contributed by atoms with Crippen molar-refractivity contribution in [1.29, 1.82) is 0 Å². The van der Waals surface area contributed by atoms with Gasteiger partial charge in [0.1, 0.15) is 0 Å². The Balaban J connectivity index is 1.43. The van der Waals surface area contributed by atoms with E-state index in [9.17, 15) is 9.59 Å². The summed E-state index contributed by atoms with van der Waals surface area (Å²) in [7, 11) is 0. The van der Waals surface area contributed by atoms with E-state index < -0.39 is 6.10 Å².